The van der Waals surface area contributed by atoms with Crippen LogP contribution in [0.3, 0.4) is 0 Å². The van der Waals surface area contributed by atoms with E-state index in [4.69, 9.17) is 5.26 Å². The lowest BCUT2D eigenvalue weighted by Gasteiger charge is -2.33. The first kappa shape index (κ1) is 22.3. The molecule has 2 aromatic carbocycles. The summed E-state index contributed by atoms with van der Waals surface area (Å²) in [6.07, 6.45) is 5.95. The predicted octanol–water partition coefficient (Wildman–Crippen LogP) is 3.98. The Hall–Kier alpha value is -2.89. The average Bonchev–Trinajstić information content (AvgIpc) is 2.85. The van der Waals surface area contributed by atoms with Crippen LogP contribution in [0.1, 0.15) is 54.4 Å². The standard InChI is InChI=1S/C24H28N4O3S/c25-18-19-8-7-9-21(16-19)26-24(29)20-10-11-22(27-12-3-1-4-13-27)23(17-20)32(30,31)28-14-5-2-6-15-28/h7-11,16-17H,1-6,12-15H2,(H,26,29). The van der Waals surface area contributed by atoms with Crippen LogP contribution >= 0.6 is 0 Å². The van der Waals surface area contributed by atoms with Crippen LogP contribution in [0.25, 0.3) is 0 Å². The van der Waals surface area contributed by atoms with Gasteiger partial charge in [0, 0.05) is 37.4 Å². The molecule has 8 heteroatoms. The summed E-state index contributed by atoms with van der Waals surface area (Å²) in [4.78, 5) is 15.3. The number of piperidine rings is 2. The fourth-order valence-electron chi connectivity index (χ4n) is 4.37. The largest absolute Gasteiger partial charge is 0.370 e. The molecule has 0 atom stereocenters. The number of nitrogens with zero attached hydrogens (tertiary/aromatic N) is 3. The Labute approximate surface area is 189 Å². The number of anilines is 2. The van der Waals surface area contributed by atoms with E-state index in [0.717, 1.165) is 51.6 Å². The van der Waals surface area contributed by atoms with Gasteiger partial charge in [0.25, 0.3) is 5.91 Å². The molecule has 4 rings (SSSR count). The number of rotatable bonds is 5. The van der Waals surface area contributed by atoms with Crippen LogP contribution in [0.2, 0.25) is 0 Å². The van der Waals surface area contributed by atoms with Crippen molar-refractivity contribution in [3.05, 3.63) is 53.6 Å². The molecule has 2 aliphatic rings. The average molecular weight is 453 g/mol. The fraction of sp³-hybridized carbons (Fsp3) is 0.417. The maximum absolute atomic E-state index is 13.6. The van der Waals surface area contributed by atoms with Crippen molar-refractivity contribution in [3.8, 4) is 6.07 Å². The Morgan fingerprint density at radius 2 is 1.59 bits per heavy atom. The molecular formula is C24H28N4O3S. The monoisotopic (exact) mass is 452 g/mol. The van der Waals surface area contributed by atoms with Gasteiger partial charge in [0.05, 0.1) is 17.3 Å². The number of nitrogens with one attached hydrogen (secondary N) is 1. The third-order valence-electron chi connectivity index (χ3n) is 6.10. The number of nitriles is 1. The smallest absolute Gasteiger partial charge is 0.255 e. The van der Waals surface area contributed by atoms with E-state index in [1.54, 1.807) is 40.7 Å². The van der Waals surface area contributed by atoms with Gasteiger partial charge in [0.15, 0.2) is 0 Å². The molecular weight excluding hydrogens is 424 g/mol. The molecule has 0 radical (unpaired) electrons. The molecule has 1 amide bonds. The second-order valence-corrected chi connectivity index (χ2v) is 10.2. The molecule has 2 aliphatic heterocycles. The summed E-state index contributed by atoms with van der Waals surface area (Å²) in [6.45, 7) is 2.66. The Balaban J connectivity index is 1.69. The van der Waals surface area contributed by atoms with Gasteiger partial charge in [0.1, 0.15) is 4.90 Å². The van der Waals surface area contributed by atoms with Gasteiger partial charge in [-0.05, 0) is 68.5 Å². The van der Waals surface area contributed by atoms with E-state index in [2.05, 4.69) is 10.2 Å². The molecule has 2 saturated heterocycles. The zero-order valence-electron chi connectivity index (χ0n) is 18.1. The molecule has 0 bridgehead atoms. The van der Waals surface area contributed by atoms with E-state index in [-0.39, 0.29) is 10.5 Å². The maximum Gasteiger partial charge on any atom is 0.255 e. The lowest BCUT2D eigenvalue weighted by Crippen LogP contribution is -2.37. The Morgan fingerprint density at radius 1 is 0.906 bits per heavy atom. The summed E-state index contributed by atoms with van der Waals surface area (Å²) in [5.41, 5.74) is 1.90. The molecule has 2 fully saturated rings. The zero-order chi connectivity index (χ0) is 22.6. The third-order valence-corrected chi connectivity index (χ3v) is 8.03. The molecule has 0 saturated carbocycles. The summed E-state index contributed by atoms with van der Waals surface area (Å²) in [5, 5.41) is 11.9. The predicted molar refractivity (Wildman–Crippen MR) is 124 cm³/mol. The highest BCUT2D eigenvalue weighted by atomic mass is 32.2. The van der Waals surface area contributed by atoms with E-state index in [0.29, 0.717) is 30.0 Å². The summed E-state index contributed by atoms with van der Waals surface area (Å²) >= 11 is 0. The van der Waals surface area contributed by atoms with Gasteiger partial charge in [-0.1, -0.05) is 12.5 Å². The summed E-state index contributed by atoms with van der Waals surface area (Å²) < 4.78 is 28.8. The number of benzene rings is 2. The second kappa shape index (κ2) is 9.72. The number of sulfonamides is 1. The van der Waals surface area contributed by atoms with Gasteiger partial charge in [-0.25, -0.2) is 8.42 Å². The van der Waals surface area contributed by atoms with Crippen LogP contribution < -0.4 is 10.2 Å². The highest BCUT2D eigenvalue weighted by Gasteiger charge is 2.31. The van der Waals surface area contributed by atoms with Crippen LogP contribution in [-0.4, -0.2) is 44.8 Å². The first-order valence-corrected chi connectivity index (χ1v) is 12.6. The molecule has 0 aromatic heterocycles. The highest BCUT2D eigenvalue weighted by Crippen LogP contribution is 2.32. The minimum Gasteiger partial charge on any atom is -0.370 e. The van der Waals surface area contributed by atoms with Crippen molar-refractivity contribution in [2.45, 2.75) is 43.4 Å². The first-order chi connectivity index (χ1) is 15.5. The molecule has 0 spiro atoms. The fourth-order valence-corrected chi connectivity index (χ4v) is 6.13. The van der Waals surface area contributed by atoms with Crippen molar-refractivity contribution in [1.29, 1.82) is 5.26 Å². The van der Waals surface area contributed by atoms with E-state index in [1.807, 2.05) is 6.07 Å². The van der Waals surface area contributed by atoms with Crippen molar-refractivity contribution in [3.63, 3.8) is 0 Å². The topological polar surface area (TPSA) is 93.5 Å². The Kier molecular flexibility index (Phi) is 6.77. The summed E-state index contributed by atoms with van der Waals surface area (Å²) in [6, 6.07) is 13.7. The molecule has 0 aliphatic carbocycles. The van der Waals surface area contributed by atoms with E-state index >= 15 is 0 Å². The minimum atomic E-state index is -3.71. The van der Waals surface area contributed by atoms with Crippen LogP contribution in [0, 0.1) is 11.3 Å². The number of carbonyl (C=O) groups excluding carboxylic acids is 1. The quantitative estimate of drug-likeness (QED) is 0.741. The van der Waals surface area contributed by atoms with Gasteiger partial charge in [-0.15, -0.1) is 0 Å². The van der Waals surface area contributed by atoms with Crippen LogP contribution in [0.5, 0.6) is 0 Å². The van der Waals surface area contributed by atoms with Crippen molar-refractivity contribution in [2.75, 3.05) is 36.4 Å². The number of hydrogen-bond acceptors (Lipinski definition) is 5. The van der Waals surface area contributed by atoms with Crippen molar-refractivity contribution < 1.29 is 13.2 Å². The molecule has 7 nitrogen and oxygen atoms in total. The lowest BCUT2D eigenvalue weighted by atomic mass is 10.1. The molecule has 2 aromatic rings. The van der Waals surface area contributed by atoms with Crippen LogP contribution in [0.15, 0.2) is 47.4 Å². The number of amides is 1. The second-order valence-electron chi connectivity index (χ2n) is 8.34. The first-order valence-electron chi connectivity index (χ1n) is 11.2. The SMILES string of the molecule is N#Cc1cccc(NC(=O)c2ccc(N3CCCCC3)c(S(=O)(=O)N3CCCCC3)c2)c1. The van der Waals surface area contributed by atoms with Crippen LogP contribution in [-0.2, 0) is 10.0 Å². The number of hydrogen-bond donors (Lipinski definition) is 1. The van der Waals surface area contributed by atoms with Gasteiger partial charge in [-0.2, -0.15) is 9.57 Å². The van der Waals surface area contributed by atoms with Crippen molar-refractivity contribution in [2.24, 2.45) is 0 Å². The van der Waals surface area contributed by atoms with Gasteiger partial charge in [-0.3, -0.25) is 4.79 Å². The minimum absolute atomic E-state index is 0.208. The Morgan fingerprint density at radius 3 is 2.28 bits per heavy atom. The van der Waals surface area contributed by atoms with Crippen LogP contribution in [0.4, 0.5) is 11.4 Å². The lowest BCUT2D eigenvalue weighted by molar-refractivity contribution is 0.102. The van der Waals surface area contributed by atoms with E-state index in [1.165, 1.54) is 6.07 Å². The van der Waals surface area contributed by atoms with Gasteiger partial charge in [0.2, 0.25) is 10.0 Å². The van der Waals surface area contributed by atoms with Gasteiger partial charge >= 0.3 is 0 Å². The molecule has 32 heavy (non-hydrogen) atoms. The Bertz CT molecular complexity index is 1130. The normalized spacial score (nSPS) is 17.5. The maximum atomic E-state index is 13.6. The molecule has 0 unspecified atom stereocenters. The molecule has 168 valence electrons. The number of carbonyl (C=O) groups is 1. The highest BCUT2D eigenvalue weighted by molar-refractivity contribution is 7.89. The van der Waals surface area contributed by atoms with Crippen molar-refractivity contribution >= 4 is 27.3 Å². The van der Waals surface area contributed by atoms with E-state index < -0.39 is 15.9 Å². The summed E-state index contributed by atoms with van der Waals surface area (Å²) in [7, 11) is -3.71. The third kappa shape index (κ3) is 4.79. The van der Waals surface area contributed by atoms with Gasteiger partial charge < -0.3 is 10.2 Å². The molecule has 1 N–H and O–H groups in total. The van der Waals surface area contributed by atoms with Crippen molar-refractivity contribution in [1.82, 2.24) is 4.31 Å². The molecule has 2 heterocycles. The summed E-state index contributed by atoms with van der Waals surface area (Å²) in [5.74, 6) is -0.402. The zero-order valence-corrected chi connectivity index (χ0v) is 18.9. The van der Waals surface area contributed by atoms with E-state index in [9.17, 15) is 13.2 Å².